The molecule has 2 fully saturated rings. The first-order valence-corrected chi connectivity index (χ1v) is 9.56. The second-order valence-electron chi connectivity index (χ2n) is 8.60. The van der Waals surface area contributed by atoms with Gasteiger partial charge in [-0.1, -0.05) is 31.0 Å². The third kappa shape index (κ3) is 4.93. The van der Waals surface area contributed by atoms with Crippen LogP contribution in [0.3, 0.4) is 0 Å². The zero-order chi connectivity index (χ0) is 22.5. The van der Waals surface area contributed by atoms with Gasteiger partial charge in [-0.15, -0.1) is 0 Å². The molecule has 0 N–H and O–H groups in total. The average molecular weight is 436 g/mol. The first-order chi connectivity index (χ1) is 13.6. The van der Waals surface area contributed by atoms with Gasteiger partial charge in [-0.3, -0.25) is 4.68 Å². The van der Waals surface area contributed by atoms with Crippen molar-refractivity contribution in [2.24, 2.45) is 0 Å². The Morgan fingerprint density at radius 3 is 2.00 bits per heavy atom. The Morgan fingerprint density at radius 2 is 1.53 bits per heavy atom. The first kappa shape index (κ1) is 22.9. The third-order valence-corrected chi connectivity index (χ3v) is 5.53. The smallest absolute Gasteiger partial charge is 0.403 e. The van der Waals surface area contributed by atoms with Crippen molar-refractivity contribution in [3.05, 3.63) is 30.0 Å². The van der Waals surface area contributed by atoms with Gasteiger partial charge >= 0.3 is 19.5 Å². The highest BCUT2D eigenvalue weighted by atomic mass is 19.4. The quantitative estimate of drug-likeness (QED) is 0.437. The molecule has 30 heavy (non-hydrogen) atoms. The van der Waals surface area contributed by atoms with E-state index in [-0.39, 0.29) is 29.2 Å². The van der Waals surface area contributed by atoms with E-state index in [0.717, 1.165) is 6.07 Å². The van der Waals surface area contributed by atoms with Crippen molar-refractivity contribution in [1.82, 2.24) is 9.78 Å². The lowest BCUT2D eigenvalue weighted by Crippen LogP contribution is -2.41. The van der Waals surface area contributed by atoms with Crippen LogP contribution in [-0.2, 0) is 22.0 Å². The SMILES string of the molecule is CC1(C)OB(C2CC2)OC1(C)C.FC(F)(F)Cn1nc(C(F)(F)F)c2ccccc21. The summed E-state index contributed by atoms with van der Waals surface area (Å²) in [7, 11) is 0.0648. The van der Waals surface area contributed by atoms with E-state index in [1.165, 1.54) is 31.0 Å². The van der Waals surface area contributed by atoms with Crippen LogP contribution in [0.1, 0.15) is 46.2 Å². The zero-order valence-corrected chi connectivity index (χ0v) is 17.1. The molecule has 0 amide bonds. The third-order valence-electron chi connectivity index (χ3n) is 5.53. The van der Waals surface area contributed by atoms with Crippen molar-refractivity contribution in [3.63, 3.8) is 0 Å². The number of hydrogen-bond donors (Lipinski definition) is 0. The minimum absolute atomic E-state index is 0.0648. The van der Waals surface area contributed by atoms with Gasteiger partial charge < -0.3 is 9.31 Å². The molecule has 166 valence electrons. The molecule has 0 spiro atoms. The lowest BCUT2D eigenvalue weighted by Gasteiger charge is -2.32. The summed E-state index contributed by atoms with van der Waals surface area (Å²) in [5.74, 6) is 0.672. The molecule has 1 saturated heterocycles. The van der Waals surface area contributed by atoms with Crippen molar-refractivity contribution in [2.75, 3.05) is 0 Å². The van der Waals surface area contributed by atoms with E-state index in [4.69, 9.17) is 9.31 Å². The standard InChI is InChI=1S/C10H6F6N2.C9H17BO2/c11-9(12,13)5-18-7-4-2-1-3-6(7)8(17-18)10(14,15)16;1-8(2)9(3,4)12-10(11-8)7-5-6-7/h1-4H,5H2;7H,5-6H2,1-4H3. The predicted octanol–water partition coefficient (Wildman–Crippen LogP) is 5.86. The number of hydrogen-bond acceptors (Lipinski definition) is 3. The van der Waals surface area contributed by atoms with Gasteiger partial charge in [-0.2, -0.15) is 31.4 Å². The van der Waals surface area contributed by atoms with Crippen LogP contribution in [0.2, 0.25) is 5.82 Å². The zero-order valence-electron chi connectivity index (χ0n) is 17.1. The van der Waals surface area contributed by atoms with Crippen molar-refractivity contribution in [2.45, 2.75) is 76.5 Å². The molecule has 1 aliphatic heterocycles. The van der Waals surface area contributed by atoms with Gasteiger partial charge in [0, 0.05) is 5.39 Å². The number of nitrogens with zero attached hydrogens (tertiary/aromatic N) is 2. The van der Waals surface area contributed by atoms with Crippen LogP contribution in [0, 0.1) is 0 Å². The Labute approximate surface area is 170 Å². The Hall–Kier alpha value is -1.75. The molecule has 2 aromatic rings. The molecule has 1 aromatic carbocycles. The number of halogens is 6. The van der Waals surface area contributed by atoms with E-state index in [1.807, 2.05) is 0 Å². The van der Waals surface area contributed by atoms with Crippen LogP contribution in [0.25, 0.3) is 10.9 Å². The topological polar surface area (TPSA) is 36.3 Å². The number of fused-ring (bicyclic) bond motifs is 1. The molecule has 0 radical (unpaired) electrons. The molecular weight excluding hydrogens is 413 g/mol. The highest BCUT2D eigenvalue weighted by Gasteiger charge is 2.55. The molecule has 0 unspecified atom stereocenters. The molecule has 1 aliphatic carbocycles. The lowest BCUT2D eigenvalue weighted by molar-refractivity contribution is -0.148. The summed E-state index contributed by atoms with van der Waals surface area (Å²) >= 11 is 0. The Morgan fingerprint density at radius 1 is 1.00 bits per heavy atom. The Bertz CT molecular complexity index is 887. The lowest BCUT2D eigenvalue weighted by atomic mass is 9.82. The van der Waals surface area contributed by atoms with Crippen LogP contribution in [0.15, 0.2) is 24.3 Å². The molecule has 0 atom stereocenters. The fourth-order valence-electron chi connectivity index (χ4n) is 3.08. The summed E-state index contributed by atoms with van der Waals surface area (Å²) in [6, 6.07) is 4.94. The molecule has 11 heteroatoms. The fourth-order valence-corrected chi connectivity index (χ4v) is 3.08. The second kappa shape index (κ2) is 7.44. The van der Waals surface area contributed by atoms with Gasteiger partial charge in [0.15, 0.2) is 5.69 Å². The van der Waals surface area contributed by atoms with Gasteiger partial charge in [0.05, 0.1) is 16.7 Å². The van der Waals surface area contributed by atoms with Crippen LogP contribution in [0.5, 0.6) is 0 Å². The normalized spacial score (nSPS) is 20.9. The summed E-state index contributed by atoms with van der Waals surface area (Å²) in [6.45, 7) is 6.87. The molecular formula is C19H23BF6N2O2. The fraction of sp³-hybridized carbons (Fsp3) is 0.632. The van der Waals surface area contributed by atoms with E-state index in [1.54, 1.807) is 0 Å². The average Bonchev–Trinajstić information content (AvgIpc) is 3.31. The van der Waals surface area contributed by atoms with Gasteiger partial charge in [-0.25, -0.2) is 0 Å². The number of benzene rings is 1. The number of aromatic nitrogens is 2. The van der Waals surface area contributed by atoms with Crippen LogP contribution in [0.4, 0.5) is 26.3 Å². The predicted molar refractivity (Wildman–Crippen MR) is 99.9 cm³/mol. The number of para-hydroxylation sites is 1. The molecule has 2 heterocycles. The van der Waals surface area contributed by atoms with Crippen molar-refractivity contribution < 1.29 is 35.7 Å². The molecule has 4 nitrogen and oxygen atoms in total. The van der Waals surface area contributed by atoms with E-state index in [2.05, 4.69) is 32.8 Å². The summed E-state index contributed by atoms with van der Waals surface area (Å²) < 4.78 is 86.6. The highest BCUT2D eigenvalue weighted by molar-refractivity contribution is 6.48. The van der Waals surface area contributed by atoms with E-state index in [9.17, 15) is 26.3 Å². The largest absolute Gasteiger partial charge is 0.461 e. The van der Waals surface area contributed by atoms with Crippen LogP contribution < -0.4 is 0 Å². The van der Waals surface area contributed by atoms with E-state index < -0.39 is 24.6 Å². The Balaban J connectivity index is 0.000000184. The maximum atomic E-state index is 12.6. The van der Waals surface area contributed by atoms with E-state index in [0.29, 0.717) is 10.5 Å². The minimum atomic E-state index is -4.78. The van der Waals surface area contributed by atoms with Crippen molar-refractivity contribution in [1.29, 1.82) is 0 Å². The summed E-state index contributed by atoms with van der Waals surface area (Å²) in [5, 5.41) is 2.68. The second-order valence-corrected chi connectivity index (χ2v) is 8.60. The maximum Gasteiger partial charge on any atom is 0.461 e. The Kier molecular flexibility index (Phi) is 5.69. The van der Waals surface area contributed by atoms with Crippen LogP contribution in [-0.4, -0.2) is 34.3 Å². The number of rotatable bonds is 2. The maximum absolute atomic E-state index is 12.6. The molecule has 0 bridgehead atoms. The van der Waals surface area contributed by atoms with Gasteiger partial charge in [-0.05, 0) is 39.6 Å². The summed E-state index contributed by atoms with van der Waals surface area (Å²) in [5.41, 5.74) is -1.77. The first-order valence-electron chi connectivity index (χ1n) is 9.56. The number of alkyl halides is 6. The monoisotopic (exact) mass is 436 g/mol. The molecule has 1 saturated carbocycles. The van der Waals surface area contributed by atoms with Gasteiger partial charge in [0.2, 0.25) is 0 Å². The van der Waals surface area contributed by atoms with Gasteiger partial charge in [0.1, 0.15) is 6.54 Å². The minimum Gasteiger partial charge on any atom is -0.403 e. The van der Waals surface area contributed by atoms with Crippen LogP contribution >= 0.6 is 0 Å². The summed E-state index contributed by atoms with van der Waals surface area (Å²) in [4.78, 5) is 0. The highest BCUT2D eigenvalue weighted by Crippen LogP contribution is 2.48. The summed E-state index contributed by atoms with van der Waals surface area (Å²) in [6.07, 6.45) is -6.86. The molecule has 4 rings (SSSR count). The van der Waals surface area contributed by atoms with E-state index >= 15 is 0 Å². The van der Waals surface area contributed by atoms with Gasteiger partial charge in [0.25, 0.3) is 0 Å². The molecule has 2 aliphatic rings. The van der Waals surface area contributed by atoms with Crippen molar-refractivity contribution in [3.8, 4) is 0 Å². The molecule has 1 aromatic heterocycles. The van der Waals surface area contributed by atoms with Crippen molar-refractivity contribution >= 4 is 18.0 Å².